The van der Waals surface area contributed by atoms with E-state index in [1.165, 1.54) is 0 Å². The average molecular weight is 359 g/mol. The highest BCUT2D eigenvalue weighted by Gasteiger charge is 2.28. The van der Waals surface area contributed by atoms with E-state index in [-0.39, 0.29) is 6.03 Å². The van der Waals surface area contributed by atoms with Crippen LogP contribution in [0.25, 0.3) is 0 Å². The Kier molecular flexibility index (Phi) is 5.56. The molecular formula is C19H19ClN2O3. The quantitative estimate of drug-likeness (QED) is 0.557. The number of benzene rings is 2. The number of nitrogens with zero attached hydrogens (tertiary/aromatic N) is 2. The van der Waals surface area contributed by atoms with E-state index < -0.39 is 0 Å². The van der Waals surface area contributed by atoms with Crippen molar-refractivity contribution in [3.8, 4) is 5.75 Å². The molecular weight excluding hydrogens is 340 g/mol. The molecule has 130 valence electrons. The number of rotatable bonds is 7. The van der Waals surface area contributed by atoms with E-state index >= 15 is 0 Å². The molecule has 25 heavy (non-hydrogen) atoms. The fourth-order valence-corrected chi connectivity index (χ4v) is 2.86. The third-order valence-electron chi connectivity index (χ3n) is 4.09. The summed E-state index contributed by atoms with van der Waals surface area (Å²) in [7, 11) is 0. The standard InChI is InChI=1S/C19H19ClN2O3/c20-16-4-6-17(7-5-16)22-12-11-21(19(22)24)10-1-13-25-18-8-2-15(14-23)3-9-18/h2-9,14H,1,10-13H2. The molecule has 1 fully saturated rings. The van der Waals surface area contributed by atoms with Crippen molar-refractivity contribution < 1.29 is 14.3 Å². The molecule has 0 bridgehead atoms. The summed E-state index contributed by atoms with van der Waals surface area (Å²) in [6, 6.07) is 14.3. The van der Waals surface area contributed by atoms with Gasteiger partial charge in [0, 0.05) is 35.9 Å². The molecule has 2 aromatic rings. The predicted octanol–water partition coefficient (Wildman–Crippen LogP) is 3.86. The maximum atomic E-state index is 12.5. The smallest absolute Gasteiger partial charge is 0.324 e. The van der Waals surface area contributed by atoms with Crippen LogP contribution >= 0.6 is 11.6 Å². The first-order valence-electron chi connectivity index (χ1n) is 8.17. The van der Waals surface area contributed by atoms with E-state index in [0.717, 1.165) is 24.1 Å². The van der Waals surface area contributed by atoms with Gasteiger partial charge in [-0.05, 0) is 55.0 Å². The minimum Gasteiger partial charge on any atom is -0.494 e. The van der Waals surface area contributed by atoms with Gasteiger partial charge in [0.25, 0.3) is 0 Å². The van der Waals surface area contributed by atoms with Crippen LogP contribution in [0, 0.1) is 0 Å². The number of carbonyl (C=O) groups excluding carboxylic acids is 2. The highest BCUT2D eigenvalue weighted by Crippen LogP contribution is 2.22. The van der Waals surface area contributed by atoms with Crippen LogP contribution in [0.3, 0.4) is 0 Å². The van der Waals surface area contributed by atoms with Crippen molar-refractivity contribution in [3.63, 3.8) is 0 Å². The molecule has 0 saturated carbocycles. The molecule has 0 radical (unpaired) electrons. The molecule has 1 saturated heterocycles. The highest BCUT2D eigenvalue weighted by molar-refractivity contribution is 6.30. The molecule has 2 amide bonds. The summed E-state index contributed by atoms with van der Waals surface area (Å²) in [6.45, 7) is 2.55. The summed E-state index contributed by atoms with van der Waals surface area (Å²) in [5, 5.41) is 0.658. The summed E-state index contributed by atoms with van der Waals surface area (Å²) in [5.41, 5.74) is 1.49. The Balaban J connectivity index is 1.45. The van der Waals surface area contributed by atoms with Crippen LogP contribution in [0.5, 0.6) is 5.75 Å². The minimum atomic E-state index is 0.0117. The lowest BCUT2D eigenvalue weighted by atomic mass is 10.2. The van der Waals surface area contributed by atoms with Gasteiger partial charge in [0.1, 0.15) is 12.0 Å². The second-order valence-electron chi connectivity index (χ2n) is 5.79. The second kappa shape index (κ2) is 8.03. The second-order valence-corrected chi connectivity index (χ2v) is 6.22. The fourth-order valence-electron chi connectivity index (χ4n) is 2.74. The topological polar surface area (TPSA) is 49.9 Å². The van der Waals surface area contributed by atoms with Crippen molar-refractivity contribution >= 4 is 29.6 Å². The van der Waals surface area contributed by atoms with Crippen molar-refractivity contribution in [2.75, 3.05) is 31.1 Å². The molecule has 6 heteroatoms. The van der Waals surface area contributed by atoms with Gasteiger partial charge >= 0.3 is 6.03 Å². The van der Waals surface area contributed by atoms with Gasteiger partial charge in [0.05, 0.1) is 6.61 Å². The van der Waals surface area contributed by atoms with E-state index in [4.69, 9.17) is 16.3 Å². The molecule has 1 aliphatic rings. The molecule has 0 N–H and O–H groups in total. The Morgan fingerprint density at radius 3 is 2.44 bits per heavy atom. The van der Waals surface area contributed by atoms with Crippen LogP contribution in [0.15, 0.2) is 48.5 Å². The van der Waals surface area contributed by atoms with Crippen molar-refractivity contribution in [1.29, 1.82) is 0 Å². The number of carbonyl (C=O) groups is 2. The molecule has 1 heterocycles. The Hall–Kier alpha value is -2.53. The number of urea groups is 1. The van der Waals surface area contributed by atoms with Gasteiger partial charge in [-0.25, -0.2) is 4.79 Å². The van der Waals surface area contributed by atoms with Crippen LogP contribution in [-0.4, -0.2) is 43.5 Å². The van der Waals surface area contributed by atoms with Crippen LogP contribution < -0.4 is 9.64 Å². The summed E-state index contributed by atoms with van der Waals surface area (Å²) >= 11 is 5.89. The van der Waals surface area contributed by atoms with Gasteiger partial charge in [-0.3, -0.25) is 9.69 Å². The molecule has 0 atom stereocenters. The van der Waals surface area contributed by atoms with E-state index in [0.29, 0.717) is 36.8 Å². The zero-order chi connectivity index (χ0) is 17.6. The molecule has 2 aromatic carbocycles. The zero-order valence-corrected chi connectivity index (χ0v) is 14.5. The fraction of sp³-hybridized carbons (Fsp3) is 0.263. The monoisotopic (exact) mass is 358 g/mol. The molecule has 0 spiro atoms. The summed E-state index contributed by atoms with van der Waals surface area (Å²) in [5.74, 6) is 0.723. The Labute approximate surface area is 151 Å². The third-order valence-corrected chi connectivity index (χ3v) is 4.34. The first kappa shape index (κ1) is 17.3. The number of aldehydes is 1. The van der Waals surface area contributed by atoms with Crippen LogP contribution in [-0.2, 0) is 0 Å². The number of hydrogen-bond acceptors (Lipinski definition) is 3. The van der Waals surface area contributed by atoms with Crippen molar-refractivity contribution in [1.82, 2.24) is 4.90 Å². The van der Waals surface area contributed by atoms with Crippen LogP contribution in [0.1, 0.15) is 16.8 Å². The van der Waals surface area contributed by atoms with Crippen LogP contribution in [0.4, 0.5) is 10.5 Å². The lowest BCUT2D eigenvalue weighted by Crippen LogP contribution is -2.32. The lowest BCUT2D eigenvalue weighted by molar-refractivity contribution is 0.112. The van der Waals surface area contributed by atoms with Crippen molar-refractivity contribution in [2.24, 2.45) is 0 Å². The summed E-state index contributed by atoms with van der Waals surface area (Å²) in [6.07, 6.45) is 1.55. The molecule has 1 aliphatic heterocycles. The van der Waals surface area contributed by atoms with Gasteiger partial charge < -0.3 is 9.64 Å². The number of ether oxygens (including phenoxy) is 1. The number of amides is 2. The Bertz CT molecular complexity index is 731. The van der Waals surface area contributed by atoms with E-state index in [2.05, 4.69) is 0 Å². The highest BCUT2D eigenvalue weighted by atomic mass is 35.5. The van der Waals surface area contributed by atoms with E-state index in [9.17, 15) is 9.59 Å². The first-order valence-corrected chi connectivity index (χ1v) is 8.55. The van der Waals surface area contributed by atoms with E-state index in [1.54, 1.807) is 41.3 Å². The van der Waals surface area contributed by atoms with Gasteiger partial charge in [0.15, 0.2) is 0 Å². The molecule has 0 aromatic heterocycles. The maximum Gasteiger partial charge on any atom is 0.324 e. The Morgan fingerprint density at radius 1 is 1.04 bits per heavy atom. The van der Waals surface area contributed by atoms with Gasteiger partial charge in [-0.1, -0.05) is 11.6 Å². The van der Waals surface area contributed by atoms with E-state index in [1.807, 2.05) is 17.0 Å². The number of halogens is 1. The van der Waals surface area contributed by atoms with Crippen molar-refractivity contribution in [3.05, 3.63) is 59.1 Å². The molecule has 5 nitrogen and oxygen atoms in total. The Morgan fingerprint density at radius 2 is 1.76 bits per heavy atom. The number of anilines is 1. The average Bonchev–Trinajstić information content (AvgIpc) is 3.01. The van der Waals surface area contributed by atoms with Crippen molar-refractivity contribution in [2.45, 2.75) is 6.42 Å². The largest absolute Gasteiger partial charge is 0.494 e. The third kappa shape index (κ3) is 4.31. The SMILES string of the molecule is O=Cc1ccc(OCCCN2CCN(c3ccc(Cl)cc3)C2=O)cc1. The first-order chi connectivity index (χ1) is 12.2. The summed E-state index contributed by atoms with van der Waals surface area (Å²) < 4.78 is 5.64. The number of hydrogen-bond donors (Lipinski definition) is 0. The predicted molar refractivity (Wildman–Crippen MR) is 97.7 cm³/mol. The summed E-state index contributed by atoms with van der Waals surface area (Å²) in [4.78, 5) is 26.7. The molecule has 3 rings (SSSR count). The molecule has 0 aliphatic carbocycles. The van der Waals surface area contributed by atoms with Gasteiger partial charge in [-0.15, -0.1) is 0 Å². The normalized spacial score (nSPS) is 14.0. The maximum absolute atomic E-state index is 12.5. The van der Waals surface area contributed by atoms with Gasteiger partial charge in [0.2, 0.25) is 0 Å². The zero-order valence-electron chi connectivity index (χ0n) is 13.7. The molecule has 0 unspecified atom stereocenters. The lowest BCUT2D eigenvalue weighted by Gasteiger charge is -2.18. The van der Waals surface area contributed by atoms with Gasteiger partial charge in [-0.2, -0.15) is 0 Å². The minimum absolute atomic E-state index is 0.0117. The van der Waals surface area contributed by atoms with Crippen LogP contribution in [0.2, 0.25) is 5.02 Å².